The van der Waals surface area contributed by atoms with E-state index in [0.717, 1.165) is 24.1 Å². The number of hydrogen-bond acceptors (Lipinski definition) is 9. The zero-order valence-corrected chi connectivity index (χ0v) is 31.4. The molecule has 3 atom stereocenters. The molecule has 0 amide bonds. The van der Waals surface area contributed by atoms with E-state index in [1.54, 1.807) is 24.3 Å². The molecule has 286 valence electrons. The largest absolute Gasteiger partial charge is 0.492 e. The molecule has 11 nitrogen and oxygen atoms in total. The number of carbonyl (C=O) groups is 1. The van der Waals surface area contributed by atoms with Crippen LogP contribution < -0.4 is 19.5 Å². The van der Waals surface area contributed by atoms with Crippen LogP contribution in [-0.4, -0.2) is 76.9 Å². The van der Waals surface area contributed by atoms with E-state index in [9.17, 15) is 25.4 Å². The van der Waals surface area contributed by atoms with Crippen molar-refractivity contribution >= 4 is 34.9 Å². The Labute approximate surface area is 328 Å². The Bertz CT molecular complexity index is 2120. The number of rotatable bonds is 16. The van der Waals surface area contributed by atoms with Crippen LogP contribution in [0.3, 0.4) is 0 Å². The fourth-order valence-corrected chi connectivity index (χ4v) is 7.14. The summed E-state index contributed by atoms with van der Waals surface area (Å²) in [5.74, 6) is -0.415. The van der Waals surface area contributed by atoms with Gasteiger partial charge in [-0.1, -0.05) is 53.5 Å². The van der Waals surface area contributed by atoms with Crippen LogP contribution >= 0.6 is 23.2 Å². The Balaban J connectivity index is 1.25. The van der Waals surface area contributed by atoms with Crippen LogP contribution in [0.25, 0.3) is 16.0 Å². The van der Waals surface area contributed by atoms with Gasteiger partial charge in [0.25, 0.3) is 0 Å². The number of nitriles is 1. The van der Waals surface area contributed by atoms with Gasteiger partial charge in [-0.15, -0.1) is 0 Å². The number of ether oxygens (including phenoxy) is 3. The van der Waals surface area contributed by atoms with Crippen LogP contribution in [0.4, 0.5) is 10.1 Å². The summed E-state index contributed by atoms with van der Waals surface area (Å²) in [6.45, 7) is 10.5. The molecule has 4 aromatic rings. The van der Waals surface area contributed by atoms with E-state index in [2.05, 4.69) is 15.1 Å². The second-order valence-corrected chi connectivity index (χ2v) is 14.6. The molecule has 0 aromatic heterocycles. The van der Waals surface area contributed by atoms with E-state index in [1.165, 1.54) is 25.1 Å². The van der Waals surface area contributed by atoms with E-state index in [1.807, 2.05) is 30.3 Å². The summed E-state index contributed by atoms with van der Waals surface area (Å²) in [5, 5.41) is 41.8. The molecule has 4 N–H and O–H groups in total. The molecule has 2 aliphatic rings. The van der Waals surface area contributed by atoms with Gasteiger partial charge in [0, 0.05) is 55.4 Å². The number of β-amino-alcohol motifs (C(OH)–C–C–N with tert-alkyl or cyclic N) is 1. The highest BCUT2D eigenvalue weighted by Crippen LogP contribution is 2.46. The number of hydrogen-bond donors (Lipinski definition) is 4. The van der Waals surface area contributed by atoms with Crippen molar-refractivity contribution in [2.45, 2.75) is 56.8 Å². The third-order valence-electron chi connectivity index (χ3n) is 9.77. The Morgan fingerprint density at radius 3 is 2.56 bits per heavy atom. The molecule has 1 aliphatic heterocycles. The van der Waals surface area contributed by atoms with E-state index < -0.39 is 30.4 Å². The maximum absolute atomic E-state index is 16.0. The molecule has 55 heavy (non-hydrogen) atoms. The minimum absolute atomic E-state index is 0.0514. The van der Waals surface area contributed by atoms with Gasteiger partial charge in [-0.2, -0.15) is 5.26 Å². The number of halogens is 3. The minimum Gasteiger partial charge on any atom is -0.492 e. The van der Waals surface area contributed by atoms with E-state index >= 15 is 4.39 Å². The molecular formula is C41H39Cl2FN4O7. The first-order valence-corrected chi connectivity index (χ1v) is 18.4. The van der Waals surface area contributed by atoms with Crippen LogP contribution in [0.2, 0.25) is 10.0 Å². The third kappa shape index (κ3) is 8.98. The first-order chi connectivity index (χ1) is 26.4. The van der Waals surface area contributed by atoms with Crippen molar-refractivity contribution in [1.82, 2.24) is 10.2 Å². The van der Waals surface area contributed by atoms with E-state index in [0.29, 0.717) is 52.7 Å². The lowest BCUT2D eigenvalue weighted by Crippen LogP contribution is -2.52. The number of benzene rings is 4. The molecule has 4 aromatic carbocycles. The molecule has 0 spiro atoms. The van der Waals surface area contributed by atoms with Gasteiger partial charge in [-0.05, 0) is 65.9 Å². The molecular weight excluding hydrogens is 750 g/mol. The van der Waals surface area contributed by atoms with Crippen LogP contribution in [0.1, 0.15) is 47.3 Å². The second-order valence-electron chi connectivity index (χ2n) is 13.8. The molecule has 0 saturated carbocycles. The fraction of sp³-hybridized carbons (Fsp3) is 0.341. The van der Waals surface area contributed by atoms with E-state index in [4.69, 9.17) is 44.0 Å². The number of aliphatic hydroxyl groups is 2. The highest BCUT2D eigenvalue weighted by atomic mass is 35.5. The van der Waals surface area contributed by atoms with Gasteiger partial charge in [0.1, 0.15) is 35.6 Å². The minimum atomic E-state index is -1.68. The number of alkyl halides is 1. The summed E-state index contributed by atoms with van der Waals surface area (Å²) in [5.41, 5.74) is 2.61. The van der Waals surface area contributed by atoms with Gasteiger partial charge >= 0.3 is 5.97 Å². The predicted molar refractivity (Wildman–Crippen MR) is 205 cm³/mol. The zero-order chi connectivity index (χ0) is 39.3. The molecule has 1 saturated heterocycles. The maximum Gasteiger partial charge on any atom is 0.326 e. The molecule has 1 heterocycles. The van der Waals surface area contributed by atoms with Crippen molar-refractivity contribution < 1.29 is 38.7 Å². The molecule has 14 heteroatoms. The topological polar surface area (TPSA) is 149 Å². The van der Waals surface area contributed by atoms with Crippen molar-refractivity contribution in [3.05, 3.63) is 116 Å². The number of likely N-dealkylation sites (tertiary alicyclic amines) is 1. The van der Waals surface area contributed by atoms with Crippen LogP contribution in [-0.2, 0) is 24.4 Å². The number of aliphatic carboxylic acids is 1. The number of nitrogens with zero attached hydrogens (tertiary/aromatic N) is 3. The van der Waals surface area contributed by atoms with Crippen LogP contribution in [0, 0.1) is 17.9 Å². The first-order valence-electron chi connectivity index (χ1n) is 17.6. The Morgan fingerprint density at radius 1 is 1.09 bits per heavy atom. The van der Waals surface area contributed by atoms with Gasteiger partial charge in [-0.3, -0.25) is 15.0 Å². The monoisotopic (exact) mass is 788 g/mol. The number of carboxylic acids is 1. The fourth-order valence-electron chi connectivity index (χ4n) is 6.62. The van der Waals surface area contributed by atoms with Crippen molar-refractivity contribution in [2.24, 2.45) is 0 Å². The summed E-state index contributed by atoms with van der Waals surface area (Å²) >= 11 is 13.6. The molecule has 0 unspecified atom stereocenters. The lowest BCUT2D eigenvalue weighted by atomic mass is 9.96. The Morgan fingerprint density at radius 2 is 1.85 bits per heavy atom. The summed E-state index contributed by atoms with van der Waals surface area (Å²) in [7, 11) is 0. The standard InChI is InChI=1S/C41H39Cl2FN4O7/c1-41(23-49,40(51)52)47-19-26-15-33(42)37(17-36(26)54-22-25-12-24(18-45)13-27(14-25)46-2)55-39-31-8-3-6-29(32(31)16-34(39)44)30-7-4-9-35(38(30)43)53-11-5-10-48-20-28(50)21-48/h3-4,6-9,12-15,17,28,34,39,47,49-50H,5,10-11,16,19-23H2,1H3,(H,51,52)/t34-,39+,41-/m0/s1. The maximum atomic E-state index is 16.0. The van der Waals surface area contributed by atoms with Crippen molar-refractivity contribution in [3.8, 4) is 34.4 Å². The molecule has 6 rings (SSSR count). The lowest BCUT2D eigenvalue weighted by Gasteiger charge is -2.35. The van der Waals surface area contributed by atoms with Gasteiger partial charge in [0.2, 0.25) is 0 Å². The summed E-state index contributed by atoms with van der Waals surface area (Å²) < 4.78 is 34.6. The van der Waals surface area contributed by atoms with Gasteiger partial charge in [0.05, 0.1) is 42.0 Å². The van der Waals surface area contributed by atoms with Gasteiger partial charge < -0.3 is 29.5 Å². The summed E-state index contributed by atoms with van der Waals surface area (Å²) in [6, 6.07) is 20.7. The smallest absolute Gasteiger partial charge is 0.326 e. The number of nitrogens with one attached hydrogen (secondary N) is 1. The Hall–Kier alpha value is -4.92. The predicted octanol–water partition coefficient (Wildman–Crippen LogP) is 7.05. The summed E-state index contributed by atoms with van der Waals surface area (Å²) in [6.07, 6.45) is -1.92. The van der Waals surface area contributed by atoms with Gasteiger partial charge in [0.15, 0.2) is 11.8 Å². The van der Waals surface area contributed by atoms with Gasteiger partial charge in [-0.25, -0.2) is 9.24 Å². The normalized spacial score (nSPS) is 17.7. The van der Waals surface area contributed by atoms with Crippen molar-refractivity contribution in [3.63, 3.8) is 0 Å². The first kappa shape index (κ1) is 39.8. The van der Waals surface area contributed by atoms with Crippen LogP contribution in [0.15, 0.2) is 66.7 Å². The van der Waals surface area contributed by atoms with Crippen molar-refractivity contribution in [1.29, 1.82) is 5.26 Å². The quantitative estimate of drug-likeness (QED) is 0.0688. The molecule has 1 aliphatic carbocycles. The van der Waals surface area contributed by atoms with E-state index in [-0.39, 0.29) is 53.4 Å². The average molecular weight is 790 g/mol. The second kappa shape index (κ2) is 17.3. The zero-order valence-electron chi connectivity index (χ0n) is 29.9. The number of carboxylic acid groups (broad SMARTS) is 1. The average Bonchev–Trinajstić information content (AvgIpc) is 3.49. The highest BCUT2D eigenvalue weighted by molar-refractivity contribution is 6.35. The molecule has 1 fully saturated rings. The highest BCUT2D eigenvalue weighted by Gasteiger charge is 2.37. The lowest BCUT2D eigenvalue weighted by molar-refractivity contribution is -0.145. The molecule has 0 radical (unpaired) electrons. The summed E-state index contributed by atoms with van der Waals surface area (Å²) in [4.78, 5) is 17.4. The molecule has 0 bridgehead atoms. The SMILES string of the molecule is [C-]#[N+]c1cc(C#N)cc(COc2cc(O[C@@H]3c4cccc(-c5cccc(OCCCN6CC(O)C6)c5Cl)c4C[C@@H]3F)c(Cl)cc2CN[C@@](C)(CO)C(=O)O)c1. The number of fused-ring (bicyclic) bond motifs is 1. The van der Waals surface area contributed by atoms with Crippen LogP contribution in [0.5, 0.6) is 17.2 Å². The third-order valence-corrected chi connectivity index (χ3v) is 10.5. The Kier molecular flexibility index (Phi) is 12.5. The number of aliphatic hydroxyl groups excluding tert-OH is 2. The van der Waals surface area contributed by atoms with Crippen molar-refractivity contribution in [2.75, 3.05) is 32.8 Å².